The summed E-state index contributed by atoms with van der Waals surface area (Å²) in [7, 11) is 0. The number of pyridine rings is 1. The number of likely N-dealkylation sites (tertiary alicyclic amines) is 1. The first-order valence-corrected chi connectivity index (χ1v) is 6.50. The van der Waals surface area contributed by atoms with Gasteiger partial charge in [-0.05, 0) is 30.9 Å². The lowest BCUT2D eigenvalue weighted by atomic mass is 10.0. The lowest BCUT2D eigenvalue weighted by Gasteiger charge is -2.27. The average molecular weight is 233 g/mol. The van der Waals surface area contributed by atoms with Gasteiger partial charge in [0.15, 0.2) is 0 Å². The second-order valence-corrected chi connectivity index (χ2v) is 5.55. The molecule has 1 fully saturated rings. The summed E-state index contributed by atoms with van der Waals surface area (Å²) in [5.41, 5.74) is 8.56. The third-order valence-electron chi connectivity index (χ3n) is 3.39. The van der Waals surface area contributed by atoms with E-state index in [0.29, 0.717) is 12.0 Å². The summed E-state index contributed by atoms with van der Waals surface area (Å²) < 4.78 is 0. The van der Waals surface area contributed by atoms with Crippen molar-refractivity contribution in [2.24, 2.45) is 11.7 Å². The summed E-state index contributed by atoms with van der Waals surface area (Å²) in [6.45, 7) is 8.78. The molecule has 2 heterocycles. The fourth-order valence-corrected chi connectivity index (χ4v) is 2.62. The molecule has 2 unspecified atom stereocenters. The van der Waals surface area contributed by atoms with Crippen molar-refractivity contribution in [2.75, 3.05) is 13.1 Å². The first-order chi connectivity index (χ1) is 8.08. The van der Waals surface area contributed by atoms with Crippen LogP contribution in [0.15, 0.2) is 18.3 Å². The first kappa shape index (κ1) is 12.5. The summed E-state index contributed by atoms with van der Waals surface area (Å²) in [6.07, 6.45) is 3.01. The molecule has 0 aliphatic carbocycles. The molecule has 0 bridgehead atoms. The highest BCUT2D eigenvalue weighted by molar-refractivity contribution is 5.18. The number of hydrogen-bond acceptors (Lipinski definition) is 3. The molecule has 2 N–H and O–H groups in total. The van der Waals surface area contributed by atoms with E-state index in [9.17, 15) is 0 Å². The van der Waals surface area contributed by atoms with Crippen molar-refractivity contribution < 1.29 is 0 Å². The topological polar surface area (TPSA) is 42.1 Å². The molecule has 0 saturated carbocycles. The third kappa shape index (κ3) is 2.85. The van der Waals surface area contributed by atoms with Crippen LogP contribution < -0.4 is 5.73 Å². The van der Waals surface area contributed by atoms with Crippen LogP contribution in [-0.4, -0.2) is 29.0 Å². The Labute approximate surface area is 104 Å². The van der Waals surface area contributed by atoms with Crippen LogP contribution in [0.4, 0.5) is 0 Å². The van der Waals surface area contributed by atoms with Crippen molar-refractivity contribution in [3.63, 3.8) is 0 Å². The van der Waals surface area contributed by atoms with Crippen LogP contribution >= 0.6 is 0 Å². The average Bonchev–Trinajstić information content (AvgIpc) is 2.61. The fourth-order valence-electron chi connectivity index (χ4n) is 2.62. The summed E-state index contributed by atoms with van der Waals surface area (Å²) in [6, 6.07) is 4.78. The maximum atomic E-state index is 6.23. The van der Waals surface area contributed by atoms with E-state index in [1.807, 2.05) is 6.20 Å². The second kappa shape index (κ2) is 5.15. The molecule has 3 nitrogen and oxygen atoms in total. The summed E-state index contributed by atoms with van der Waals surface area (Å²) in [5.74, 6) is 0.674. The van der Waals surface area contributed by atoms with Gasteiger partial charge < -0.3 is 5.73 Å². The highest BCUT2D eigenvalue weighted by atomic mass is 15.2. The largest absolute Gasteiger partial charge is 0.326 e. The number of aromatic nitrogens is 1. The normalized spacial score (nSPS) is 25.7. The number of nitrogens with zero attached hydrogens (tertiary/aromatic N) is 2. The zero-order valence-electron chi connectivity index (χ0n) is 11.1. The number of aryl methyl sites for hydroxylation is 1. The van der Waals surface area contributed by atoms with Crippen LogP contribution in [0.2, 0.25) is 0 Å². The molecule has 1 aliphatic rings. The minimum absolute atomic E-state index is 0.226. The van der Waals surface area contributed by atoms with Gasteiger partial charge in [0.2, 0.25) is 0 Å². The Morgan fingerprint density at radius 1 is 1.47 bits per heavy atom. The molecule has 2 rings (SSSR count). The minimum Gasteiger partial charge on any atom is -0.326 e. The van der Waals surface area contributed by atoms with Crippen LogP contribution in [0.5, 0.6) is 0 Å². The van der Waals surface area contributed by atoms with Gasteiger partial charge in [-0.25, -0.2) is 0 Å². The Bertz CT molecular complexity index is 358. The van der Waals surface area contributed by atoms with Crippen molar-refractivity contribution in [3.8, 4) is 0 Å². The van der Waals surface area contributed by atoms with E-state index in [4.69, 9.17) is 5.73 Å². The van der Waals surface area contributed by atoms with Gasteiger partial charge in [-0.1, -0.05) is 19.9 Å². The van der Waals surface area contributed by atoms with Crippen LogP contribution in [0.3, 0.4) is 0 Å². The van der Waals surface area contributed by atoms with Gasteiger partial charge >= 0.3 is 0 Å². The minimum atomic E-state index is 0.226. The van der Waals surface area contributed by atoms with Crippen molar-refractivity contribution in [1.82, 2.24) is 9.88 Å². The van der Waals surface area contributed by atoms with E-state index < -0.39 is 0 Å². The van der Waals surface area contributed by atoms with Gasteiger partial charge in [0.25, 0.3) is 0 Å². The second-order valence-electron chi connectivity index (χ2n) is 5.55. The molecular formula is C14H23N3. The predicted octanol–water partition coefficient (Wildman–Crippen LogP) is 2.12. The number of hydrogen-bond donors (Lipinski definition) is 1. The predicted molar refractivity (Wildman–Crippen MR) is 70.7 cm³/mol. The van der Waals surface area contributed by atoms with Gasteiger partial charge in [0, 0.05) is 25.3 Å². The SMILES string of the molecule is Cc1ccc(C2C(N)CCN2CC(C)C)nc1. The van der Waals surface area contributed by atoms with Crippen molar-refractivity contribution >= 4 is 0 Å². The van der Waals surface area contributed by atoms with Crippen LogP contribution in [-0.2, 0) is 0 Å². The standard InChI is InChI=1S/C14H23N3/c1-10(2)9-17-7-6-12(15)14(17)13-5-4-11(3)8-16-13/h4-5,8,10,12,14H,6-7,9,15H2,1-3H3. The van der Waals surface area contributed by atoms with Gasteiger partial charge in [-0.2, -0.15) is 0 Å². The number of rotatable bonds is 3. The summed E-state index contributed by atoms with van der Waals surface area (Å²) >= 11 is 0. The molecule has 0 aromatic carbocycles. The molecule has 0 amide bonds. The van der Waals surface area contributed by atoms with E-state index >= 15 is 0 Å². The van der Waals surface area contributed by atoms with Crippen LogP contribution in [0.25, 0.3) is 0 Å². The Kier molecular flexibility index (Phi) is 3.79. The molecule has 1 aromatic rings. The summed E-state index contributed by atoms with van der Waals surface area (Å²) in [5, 5.41) is 0. The molecule has 3 heteroatoms. The summed E-state index contributed by atoms with van der Waals surface area (Å²) in [4.78, 5) is 7.03. The molecule has 0 radical (unpaired) electrons. The molecule has 2 atom stereocenters. The van der Waals surface area contributed by atoms with E-state index in [0.717, 1.165) is 25.2 Å². The Morgan fingerprint density at radius 3 is 2.82 bits per heavy atom. The number of nitrogens with two attached hydrogens (primary N) is 1. The molecule has 94 valence electrons. The zero-order chi connectivity index (χ0) is 12.4. The molecular weight excluding hydrogens is 210 g/mol. The van der Waals surface area contributed by atoms with Gasteiger partial charge in [-0.15, -0.1) is 0 Å². The maximum Gasteiger partial charge on any atom is 0.0674 e. The zero-order valence-corrected chi connectivity index (χ0v) is 11.1. The van der Waals surface area contributed by atoms with E-state index in [2.05, 4.69) is 42.8 Å². The Balaban J connectivity index is 2.18. The monoisotopic (exact) mass is 233 g/mol. The molecule has 1 aromatic heterocycles. The van der Waals surface area contributed by atoms with Gasteiger partial charge in [-0.3, -0.25) is 9.88 Å². The van der Waals surface area contributed by atoms with E-state index in [1.54, 1.807) is 0 Å². The highest BCUT2D eigenvalue weighted by Gasteiger charge is 2.33. The van der Waals surface area contributed by atoms with Crippen LogP contribution in [0.1, 0.15) is 37.6 Å². The van der Waals surface area contributed by atoms with E-state index in [-0.39, 0.29) is 6.04 Å². The molecule has 17 heavy (non-hydrogen) atoms. The maximum absolute atomic E-state index is 6.23. The van der Waals surface area contributed by atoms with Gasteiger partial charge in [0.05, 0.1) is 11.7 Å². The first-order valence-electron chi connectivity index (χ1n) is 6.50. The van der Waals surface area contributed by atoms with Gasteiger partial charge in [0.1, 0.15) is 0 Å². The van der Waals surface area contributed by atoms with Crippen molar-refractivity contribution in [3.05, 3.63) is 29.6 Å². The Hall–Kier alpha value is -0.930. The Morgan fingerprint density at radius 2 is 2.24 bits per heavy atom. The smallest absolute Gasteiger partial charge is 0.0674 e. The van der Waals surface area contributed by atoms with Crippen LogP contribution in [0, 0.1) is 12.8 Å². The molecule has 0 spiro atoms. The third-order valence-corrected chi connectivity index (χ3v) is 3.39. The van der Waals surface area contributed by atoms with E-state index in [1.165, 1.54) is 5.56 Å². The molecule has 1 aliphatic heterocycles. The highest BCUT2D eigenvalue weighted by Crippen LogP contribution is 2.30. The fraction of sp³-hybridized carbons (Fsp3) is 0.643. The lowest BCUT2D eigenvalue weighted by molar-refractivity contribution is 0.217. The van der Waals surface area contributed by atoms with Crippen molar-refractivity contribution in [2.45, 2.75) is 39.3 Å². The lowest BCUT2D eigenvalue weighted by Crippen LogP contribution is -2.34. The molecule has 1 saturated heterocycles. The van der Waals surface area contributed by atoms with Crippen molar-refractivity contribution in [1.29, 1.82) is 0 Å². The quantitative estimate of drug-likeness (QED) is 0.869.